The van der Waals surface area contributed by atoms with Crippen molar-refractivity contribution in [3.63, 3.8) is 0 Å². The van der Waals surface area contributed by atoms with Gasteiger partial charge < -0.3 is 14.0 Å². The number of H-pyrrole nitrogens is 1. The van der Waals surface area contributed by atoms with E-state index in [1.165, 1.54) is 0 Å². The Kier molecular flexibility index (Phi) is 5.18. The molecule has 6 nitrogen and oxygen atoms in total. The maximum Gasteiger partial charge on any atom is 0.322 e. The van der Waals surface area contributed by atoms with Crippen molar-refractivity contribution in [2.24, 2.45) is 0 Å². The summed E-state index contributed by atoms with van der Waals surface area (Å²) in [7, 11) is 1.60. The molecule has 7 heteroatoms. The number of fused-ring (bicyclic) bond motifs is 1. The van der Waals surface area contributed by atoms with Gasteiger partial charge in [0.1, 0.15) is 5.75 Å². The maximum absolute atomic E-state index is 12.8. The monoisotopic (exact) mass is 393 g/mol. The minimum Gasteiger partial charge on any atom is -0.609 e. The van der Waals surface area contributed by atoms with E-state index in [1.807, 2.05) is 55.5 Å². The Morgan fingerprint density at radius 3 is 2.54 bits per heavy atom. The van der Waals surface area contributed by atoms with Crippen molar-refractivity contribution in [2.75, 3.05) is 7.11 Å². The lowest BCUT2D eigenvalue weighted by Crippen LogP contribution is -2.10. The molecule has 0 amide bonds. The highest BCUT2D eigenvalue weighted by atomic mass is 32.2. The summed E-state index contributed by atoms with van der Waals surface area (Å²) in [5, 5.41) is 0.443. The van der Waals surface area contributed by atoms with E-state index in [0.29, 0.717) is 28.1 Å². The number of pyridine rings is 1. The van der Waals surface area contributed by atoms with Gasteiger partial charge in [-0.05, 0) is 37.3 Å². The molecule has 2 aromatic heterocycles. The van der Waals surface area contributed by atoms with E-state index in [2.05, 4.69) is 15.0 Å². The van der Waals surface area contributed by atoms with Crippen molar-refractivity contribution in [3.8, 4) is 17.2 Å². The molecular formula is C21H19N3O3S. The molecule has 0 aliphatic carbocycles. The summed E-state index contributed by atoms with van der Waals surface area (Å²) < 4.78 is 24.2. The molecule has 0 saturated carbocycles. The average molecular weight is 393 g/mol. The number of aromatic amines is 1. The minimum absolute atomic E-state index is 0.245. The summed E-state index contributed by atoms with van der Waals surface area (Å²) >= 11 is -1.35. The van der Waals surface area contributed by atoms with Crippen LogP contribution in [0.4, 0.5) is 0 Å². The van der Waals surface area contributed by atoms with E-state index < -0.39 is 11.2 Å². The van der Waals surface area contributed by atoms with Gasteiger partial charge in [0.15, 0.2) is 17.3 Å². The smallest absolute Gasteiger partial charge is 0.322 e. The zero-order valence-electron chi connectivity index (χ0n) is 15.5. The lowest BCUT2D eigenvalue weighted by atomic mass is 10.2. The SMILES string of the molecule is COc1ccccc1Oc1ccnc(C[S+]([O-])c2nc3ccccc3[nH]2)c1C. The van der Waals surface area contributed by atoms with E-state index in [-0.39, 0.29) is 5.75 Å². The van der Waals surface area contributed by atoms with Crippen molar-refractivity contribution in [3.05, 3.63) is 72.1 Å². The number of rotatable bonds is 6. The molecule has 2 aromatic carbocycles. The average Bonchev–Trinajstić information content (AvgIpc) is 3.16. The van der Waals surface area contributed by atoms with Crippen molar-refractivity contribution < 1.29 is 14.0 Å². The highest BCUT2D eigenvalue weighted by molar-refractivity contribution is 7.90. The second kappa shape index (κ2) is 7.92. The predicted octanol–water partition coefficient (Wildman–Crippen LogP) is 4.38. The summed E-state index contributed by atoms with van der Waals surface area (Å²) in [6.07, 6.45) is 1.66. The van der Waals surface area contributed by atoms with Gasteiger partial charge in [0.05, 0.1) is 23.8 Å². The zero-order chi connectivity index (χ0) is 19.5. The number of methoxy groups -OCH3 is 1. The van der Waals surface area contributed by atoms with E-state index >= 15 is 0 Å². The Bertz CT molecular complexity index is 1080. The Labute approximate surface area is 165 Å². The molecule has 0 aliphatic heterocycles. The summed E-state index contributed by atoms with van der Waals surface area (Å²) in [6.45, 7) is 1.91. The van der Waals surface area contributed by atoms with Crippen molar-refractivity contribution >= 4 is 22.2 Å². The van der Waals surface area contributed by atoms with Gasteiger partial charge in [-0.3, -0.25) is 9.97 Å². The molecule has 28 heavy (non-hydrogen) atoms. The molecule has 1 atom stereocenters. The lowest BCUT2D eigenvalue weighted by molar-refractivity contribution is 0.378. The fourth-order valence-electron chi connectivity index (χ4n) is 2.87. The largest absolute Gasteiger partial charge is 0.609 e. The van der Waals surface area contributed by atoms with Crippen LogP contribution in [0.3, 0.4) is 0 Å². The maximum atomic E-state index is 12.8. The standard InChI is InChI=1S/C21H19N3O3S/c1-14-17(13-28(25)21-23-15-7-3-4-8-16(15)24-21)22-12-11-18(14)27-20-10-6-5-9-19(20)26-2/h3-12H,13H2,1-2H3,(H,23,24). The summed E-state index contributed by atoms with van der Waals surface area (Å²) in [6, 6.07) is 16.8. The van der Waals surface area contributed by atoms with E-state index in [9.17, 15) is 4.55 Å². The van der Waals surface area contributed by atoms with Crippen molar-refractivity contribution in [2.45, 2.75) is 17.8 Å². The van der Waals surface area contributed by atoms with Crippen LogP contribution in [0.5, 0.6) is 17.2 Å². The fourth-order valence-corrected chi connectivity index (χ4v) is 3.97. The number of ether oxygens (including phenoxy) is 2. The van der Waals surface area contributed by atoms with Crippen LogP contribution in [0.1, 0.15) is 11.3 Å². The number of hydrogen-bond acceptors (Lipinski definition) is 5. The zero-order valence-corrected chi connectivity index (χ0v) is 16.3. The number of aromatic nitrogens is 3. The Balaban J connectivity index is 1.57. The van der Waals surface area contributed by atoms with Crippen LogP contribution >= 0.6 is 0 Å². The Hall–Kier alpha value is -3.03. The summed E-state index contributed by atoms with van der Waals surface area (Å²) in [5.74, 6) is 2.15. The highest BCUT2D eigenvalue weighted by Gasteiger charge is 2.20. The number of para-hydroxylation sites is 4. The summed E-state index contributed by atoms with van der Waals surface area (Å²) in [5.41, 5.74) is 3.19. The Morgan fingerprint density at radius 1 is 1.00 bits per heavy atom. The molecule has 4 rings (SSSR count). The first-order valence-electron chi connectivity index (χ1n) is 8.74. The van der Waals surface area contributed by atoms with E-state index in [4.69, 9.17) is 9.47 Å². The number of hydrogen-bond donors (Lipinski definition) is 1. The first-order chi connectivity index (χ1) is 13.7. The molecule has 0 aliphatic rings. The van der Waals surface area contributed by atoms with Crippen LogP contribution in [0.25, 0.3) is 11.0 Å². The van der Waals surface area contributed by atoms with Crippen LogP contribution in [0.2, 0.25) is 0 Å². The predicted molar refractivity (Wildman–Crippen MR) is 108 cm³/mol. The van der Waals surface area contributed by atoms with Gasteiger partial charge in [0, 0.05) is 22.9 Å². The van der Waals surface area contributed by atoms with Crippen LogP contribution < -0.4 is 9.47 Å². The third-order valence-electron chi connectivity index (χ3n) is 4.40. The van der Waals surface area contributed by atoms with Crippen LogP contribution in [0, 0.1) is 6.92 Å². The number of nitrogens with zero attached hydrogens (tertiary/aromatic N) is 2. The third-order valence-corrected chi connectivity index (χ3v) is 5.56. The van der Waals surface area contributed by atoms with E-state index in [1.54, 1.807) is 19.4 Å². The molecule has 1 N–H and O–H groups in total. The van der Waals surface area contributed by atoms with Gasteiger partial charge >= 0.3 is 5.16 Å². The molecule has 0 bridgehead atoms. The molecule has 0 radical (unpaired) electrons. The molecule has 0 spiro atoms. The van der Waals surface area contributed by atoms with Crippen molar-refractivity contribution in [1.82, 2.24) is 15.0 Å². The van der Waals surface area contributed by atoms with Gasteiger partial charge in [-0.2, -0.15) is 4.98 Å². The van der Waals surface area contributed by atoms with Gasteiger partial charge in [0.25, 0.3) is 0 Å². The van der Waals surface area contributed by atoms with Crippen LogP contribution in [0.15, 0.2) is 66.0 Å². The first-order valence-corrected chi connectivity index (χ1v) is 10.1. The third kappa shape index (κ3) is 3.67. The number of nitrogens with one attached hydrogen (secondary N) is 1. The van der Waals surface area contributed by atoms with Crippen molar-refractivity contribution in [1.29, 1.82) is 0 Å². The highest BCUT2D eigenvalue weighted by Crippen LogP contribution is 2.33. The fraction of sp³-hybridized carbons (Fsp3) is 0.143. The minimum atomic E-state index is -1.35. The quantitative estimate of drug-likeness (QED) is 0.492. The molecule has 1 unspecified atom stereocenters. The van der Waals surface area contributed by atoms with Gasteiger partial charge in [-0.25, -0.2) is 0 Å². The van der Waals surface area contributed by atoms with Gasteiger partial charge in [0.2, 0.25) is 0 Å². The molecule has 2 heterocycles. The van der Waals surface area contributed by atoms with E-state index in [0.717, 1.165) is 16.6 Å². The second-order valence-electron chi connectivity index (χ2n) is 6.18. The van der Waals surface area contributed by atoms with Crippen LogP contribution in [-0.4, -0.2) is 26.6 Å². The summed E-state index contributed by atoms with van der Waals surface area (Å²) in [4.78, 5) is 11.9. The van der Waals surface area contributed by atoms with Gasteiger partial charge in [-0.1, -0.05) is 24.3 Å². The molecular weight excluding hydrogens is 374 g/mol. The Morgan fingerprint density at radius 2 is 1.75 bits per heavy atom. The normalized spacial score (nSPS) is 12.1. The molecule has 0 saturated heterocycles. The topological polar surface area (TPSA) is 83.1 Å². The lowest BCUT2D eigenvalue weighted by Gasteiger charge is -2.14. The number of benzene rings is 2. The molecule has 4 aromatic rings. The first kappa shape index (κ1) is 18.3. The number of imidazole rings is 1. The molecule has 142 valence electrons. The van der Waals surface area contributed by atoms with Crippen LogP contribution in [-0.2, 0) is 16.9 Å². The van der Waals surface area contributed by atoms with Gasteiger partial charge in [-0.15, -0.1) is 0 Å². The molecule has 0 fully saturated rings. The second-order valence-corrected chi connectivity index (χ2v) is 7.55.